The second kappa shape index (κ2) is 7.00. The first kappa shape index (κ1) is 15.2. The van der Waals surface area contributed by atoms with Gasteiger partial charge in [-0.3, -0.25) is 4.79 Å². The summed E-state index contributed by atoms with van der Waals surface area (Å²) in [6.07, 6.45) is 0.279. The van der Waals surface area contributed by atoms with Crippen molar-refractivity contribution in [3.63, 3.8) is 0 Å². The van der Waals surface area contributed by atoms with Crippen molar-refractivity contribution in [3.05, 3.63) is 18.2 Å². The third-order valence-corrected chi connectivity index (χ3v) is 3.57. The number of nitrogens with two attached hydrogens (primary N) is 1. The van der Waals surface area contributed by atoms with Gasteiger partial charge >= 0.3 is 0 Å². The van der Waals surface area contributed by atoms with Crippen LogP contribution in [-0.2, 0) is 9.53 Å². The van der Waals surface area contributed by atoms with Crippen LogP contribution in [0.2, 0.25) is 0 Å². The van der Waals surface area contributed by atoms with Gasteiger partial charge < -0.3 is 20.5 Å². The van der Waals surface area contributed by atoms with E-state index in [1.54, 1.807) is 26.4 Å². The van der Waals surface area contributed by atoms with Crippen molar-refractivity contribution in [2.75, 3.05) is 31.9 Å². The highest BCUT2D eigenvalue weighted by atomic mass is 32.1. The molecule has 8 heteroatoms. The third kappa shape index (κ3) is 3.89. The zero-order valence-corrected chi connectivity index (χ0v) is 12.6. The first-order valence-electron chi connectivity index (χ1n) is 6.20. The quantitative estimate of drug-likeness (QED) is 0.789. The normalized spacial score (nSPS) is 10.4. The number of ether oxygens (including phenoxy) is 2. The predicted molar refractivity (Wildman–Crippen MR) is 81.4 cm³/mol. The number of methoxy groups -OCH3 is 2. The van der Waals surface area contributed by atoms with Gasteiger partial charge in [0.15, 0.2) is 0 Å². The van der Waals surface area contributed by atoms with E-state index in [-0.39, 0.29) is 12.3 Å². The van der Waals surface area contributed by atoms with E-state index >= 15 is 0 Å². The van der Waals surface area contributed by atoms with Gasteiger partial charge in [-0.15, -0.1) is 10.2 Å². The van der Waals surface area contributed by atoms with E-state index in [0.717, 1.165) is 5.56 Å². The van der Waals surface area contributed by atoms with Crippen molar-refractivity contribution < 1.29 is 14.3 Å². The highest BCUT2D eigenvalue weighted by molar-refractivity contribution is 7.18. The first-order valence-corrected chi connectivity index (χ1v) is 7.02. The molecule has 2 aromatic rings. The van der Waals surface area contributed by atoms with Gasteiger partial charge in [-0.05, 0) is 18.2 Å². The average molecular weight is 308 g/mol. The molecular formula is C13H16N4O3S. The lowest BCUT2D eigenvalue weighted by molar-refractivity contribution is -0.117. The molecule has 1 heterocycles. The van der Waals surface area contributed by atoms with Gasteiger partial charge in [0, 0.05) is 12.7 Å². The smallest absolute Gasteiger partial charge is 0.228 e. The van der Waals surface area contributed by atoms with Crippen molar-refractivity contribution in [1.82, 2.24) is 10.2 Å². The Morgan fingerprint density at radius 2 is 2.19 bits per heavy atom. The lowest BCUT2D eigenvalue weighted by atomic mass is 10.2. The highest BCUT2D eigenvalue weighted by Gasteiger charge is 2.11. The maximum atomic E-state index is 11.6. The number of aromatic nitrogens is 2. The molecule has 0 saturated carbocycles. The number of benzene rings is 1. The van der Waals surface area contributed by atoms with Crippen molar-refractivity contribution in [2.24, 2.45) is 0 Å². The Balaban J connectivity index is 2.09. The second-order valence-electron chi connectivity index (χ2n) is 4.16. The number of rotatable bonds is 6. The van der Waals surface area contributed by atoms with Crippen molar-refractivity contribution in [2.45, 2.75) is 6.42 Å². The molecule has 0 spiro atoms. The summed E-state index contributed by atoms with van der Waals surface area (Å²) in [5.41, 5.74) is 7.21. The first-order chi connectivity index (χ1) is 10.1. The Morgan fingerprint density at radius 1 is 1.38 bits per heavy atom. The van der Waals surface area contributed by atoms with Gasteiger partial charge in [-0.2, -0.15) is 0 Å². The molecule has 0 aliphatic rings. The summed E-state index contributed by atoms with van der Waals surface area (Å²) in [4.78, 5) is 11.6. The van der Waals surface area contributed by atoms with Gasteiger partial charge in [0.05, 0.1) is 25.8 Å². The molecule has 0 saturated heterocycles. The van der Waals surface area contributed by atoms with E-state index in [2.05, 4.69) is 15.5 Å². The molecule has 7 nitrogen and oxygen atoms in total. The monoisotopic (exact) mass is 308 g/mol. The number of carbonyl (C=O) groups is 1. The van der Waals surface area contributed by atoms with E-state index in [0.29, 0.717) is 28.2 Å². The maximum absolute atomic E-state index is 11.6. The molecule has 3 N–H and O–H groups in total. The van der Waals surface area contributed by atoms with Crippen molar-refractivity contribution >= 4 is 28.1 Å². The molecule has 0 unspecified atom stereocenters. The SMILES string of the molecule is COCCC(=O)Nc1nnc(-c2ccc(OC)c(N)c2)s1. The summed E-state index contributed by atoms with van der Waals surface area (Å²) in [5.74, 6) is 0.449. The molecule has 0 aliphatic carbocycles. The molecule has 0 atom stereocenters. The Kier molecular flexibility index (Phi) is 5.07. The van der Waals surface area contributed by atoms with Crippen LogP contribution in [0.4, 0.5) is 10.8 Å². The Hall–Kier alpha value is -2.19. The van der Waals surface area contributed by atoms with Crippen molar-refractivity contribution in [1.29, 1.82) is 0 Å². The predicted octanol–water partition coefficient (Wildman–Crippen LogP) is 1.77. The Morgan fingerprint density at radius 3 is 2.86 bits per heavy atom. The number of nitrogen functional groups attached to an aromatic ring is 1. The lowest BCUT2D eigenvalue weighted by Gasteiger charge is -2.04. The summed E-state index contributed by atoms with van der Waals surface area (Å²) < 4.78 is 9.95. The van der Waals surface area contributed by atoms with E-state index in [1.165, 1.54) is 11.3 Å². The molecule has 0 bridgehead atoms. The highest BCUT2D eigenvalue weighted by Crippen LogP contribution is 2.31. The summed E-state index contributed by atoms with van der Waals surface area (Å²) >= 11 is 1.28. The number of hydrogen-bond donors (Lipinski definition) is 2. The molecule has 112 valence electrons. The average Bonchev–Trinajstić information content (AvgIpc) is 2.93. The van der Waals surface area contributed by atoms with Crippen LogP contribution in [0.15, 0.2) is 18.2 Å². The second-order valence-corrected chi connectivity index (χ2v) is 5.14. The minimum absolute atomic E-state index is 0.159. The topological polar surface area (TPSA) is 99.4 Å². The molecule has 1 aromatic carbocycles. The molecular weight excluding hydrogens is 292 g/mol. The number of anilines is 2. The van der Waals surface area contributed by atoms with Crippen LogP contribution < -0.4 is 15.8 Å². The fraction of sp³-hybridized carbons (Fsp3) is 0.308. The van der Waals surface area contributed by atoms with Crippen LogP contribution in [0.1, 0.15) is 6.42 Å². The number of amides is 1. The maximum Gasteiger partial charge on any atom is 0.228 e. The van der Waals surface area contributed by atoms with Crippen LogP contribution in [-0.4, -0.2) is 36.9 Å². The summed E-state index contributed by atoms with van der Waals surface area (Å²) in [7, 11) is 3.11. The molecule has 1 amide bonds. The fourth-order valence-corrected chi connectivity index (χ4v) is 2.39. The summed E-state index contributed by atoms with van der Waals surface area (Å²) in [5, 5.41) is 11.8. The minimum Gasteiger partial charge on any atom is -0.495 e. The van der Waals surface area contributed by atoms with Gasteiger partial charge in [-0.1, -0.05) is 11.3 Å². The molecule has 21 heavy (non-hydrogen) atoms. The van der Waals surface area contributed by atoms with E-state index < -0.39 is 0 Å². The van der Waals surface area contributed by atoms with E-state index in [4.69, 9.17) is 15.2 Å². The number of hydrogen-bond acceptors (Lipinski definition) is 7. The summed E-state index contributed by atoms with van der Waals surface area (Å²) in [6.45, 7) is 0.368. The van der Waals surface area contributed by atoms with Gasteiger partial charge in [0.25, 0.3) is 0 Å². The number of carbonyl (C=O) groups excluding carboxylic acids is 1. The molecule has 0 aliphatic heterocycles. The van der Waals surface area contributed by atoms with Crippen LogP contribution in [0.5, 0.6) is 5.75 Å². The van der Waals surface area contributed by atoms with E-state index in [9.17, 15) is 4.79 Å². The number of nitrogens with one attached hydrogen (secondary N) is 1. The Bertz CT molecular complexity index is 630. The van der Waals surface area contributed by atoms with Crippen LogP contribution in [0.25, 0.3) is 10.6 Å². The van der Waals surface area contributed by atoms with E-state index in [1.807, 2.05) is 6.07 Å². The lowest BCUT2D eigenvalue weighted by Crippen LogP contribution is -2.13. The minimum atomic E-state index is -0.159. The van der Waals surface area contributed by atoms with Gasteiger partial charge in [0.2, 0.25) is 11.0 Å². The largest absolute Gasteiger partial charge is 0.495 e. The molecule has 2 rings (SSSR count). The van der Waals surface area contributed by atoms with Crippen LogP contribution in [0.3, 0.4) is 0 Å². The zero-order valence-electron chi connectivity index (χ0n) is 11.8. The fourth-order valence-electron chi connectivity index (χ4n) is 1.63. The molecule has 1 aromatic heterocycles. The number of nitrogens with zero attached hydrogens (tertiary/aromatic N) is 2. The summed E-state index contributed by atoms with van der Waals surface area (Å²) in [6, 6.07) is 5.37. The van der Waals surface area contributed by atoms with Crippen molar-refractivity contribution in [3.8, 4) is 16.3 Å². The van der Waals surface area contributed by atoms with Crippen LogP contribution >= 0.6 is 11.3 Å². The van der Waals surface area contributed by atoms with Gasteiger partial charge in [-0.25, -0.2) is 0 Å². The molecule has 0 fully saturated rings. The third-order valence-electron chi connectivity index (χ3n) is 2.68. The standard InChI is InChI=1S/C13H16N4O3S/c1-19-6-5-11(18)15-13-17-16-12(21-13)8-3-4-10(20-2)9(14)7-8/h3-4,7H,5-6,14H2,1-2H3,(H,15,17,18). The van der Waals surface area contributed by atoms with Gasteiger partial charge in [0.1, 0.15) is 10.8 Å². The van der Waals surface area contributed by atoms with Crippen LogP contribution in [0, 0.1) is 0 Å². The zero-order chi connectivity index (χ0) is 15.2. The Labute approximate surface area is 126 Å². The molecule has 0 radical (unpaired) electrons.